The number of carbonyl (C=O) groups is 1. The van der Waals surface area contributed by atoms with Gasteiger partial charge in [0, 0.05) is 17.2 Å². The van der Waals surface area contributed by atoms with Crippen molar-refractivity contribution in [3.8, 4) is 11.5 Å². The van der Waals surface area contributed by atoms with E-state index in [-0.39, 0.29) is 5.91 Å². The van der Waals surface area contributed by atoms with Crippen LogP contribution in [0.5, 0.6) is 11.5 Å². The molecular weight excluding hydrogens is 266 g/mol. The Kier molecular flexibility index (Phi) is 3.36. The summed E-state index contributed by atoms with van der Waals surface area (Å²) in [6.07, 6.45) is 1.87. The van der Waals surface area contributed by atoms with Gasteiger partial charge in [-0.25, -0.2) is 0 Å². The molecule has 2 aromatic carbocycles. The molecule has 0 atom stereocenters. The average Bonchev–Trinajstić information content (AvgIpc) is 2.83. The van der Waals surface area contributed by atoms with Crippen LogP contribution in [0.25, 0.3) is 11.6 Å². The minimum Gasteiger partial charge on any atom is -0.497 e. The number of benzene rings is 2. The topological polar surface area (TPSA) is 47.6 Å². The first-order valence-corrected chi connectivity index (χ1v) is 6.57. The molecule has 0 aliphatic carbocycles. The van der Waals surface area contributed by atoms with Gasteiger partial charge >= 0.3 is 0 Å². The van der Waals surface area contributed by atoms with Crippen LogP contribution in [0.1, 0.15) is 11.1 Å². The first-order chi connectivity index (χ1) is 10.2. The van der Waals surface area contributed by atoms with Gasteiger partial charge in [-0.3, -0.25) is 4.79 Å². The van der Waals surface area contributed by atoms with Crippen molar-refractivity contribution in [2.24, 2.45) is 0 Å². The predicted octanol–water partition coefficient (Wildman–Crippen LogP) is 3.20. The van der Waals surface area contributed by atoms with Crippen molar-refractivity contribution in [1.29, 1.82) is 0 Å². The number of amides is 1. The van der Waals surface area contributed by atoms with Crippen LogP contribution in [0.4, 0.5) is 5.69 Å². The van der Waals surface area contributed by atoms with Crippen molar-refractivity contribution >= 4 is 23.2 Å². The maximum atomic E-state index is 12.1. The fourth-order valence-corrected chi connectivity index (χ4v) is 2.31. The molecule has 0 unspecified atom stereocenters. The van der Waals surface area contributed by atoms with Crippen LogP contribution < -0.4 is 14.8 Å². The van der Waals surface area contributed by atoms with Crippen molar-refractivity contribution in [3.05, 3.63) is 53.6 Å². The molecule has 2 aromatic rings. The second-order valence-electron chi connectivity index (χ2n) is 4.70. The van der Waals surface area contributed by atoms with Gasteiger partial charge in [-0.05, 0) is 35.9 Å². The minimum absolute atomic E-state index is 0.103. The van der Waals surface area contributed by atoms with Gasteiger partial charge in [0.05, 0.1) is 19.9 Å². The highest BCUT2D eigenvalue weighted by Gasteiger charge is 2.24. The fourth-order valence-electron chi connectivity index (χ4n) is 2.31. The SMILES string of the molecule is COc1ccc(C=C2C(=O)Nc3cc(OC)ccc32)cc1. The standard InChI is InChI=1S/C17H15NO3/c1-20-12-5-3-11(4-6-12)9-15-14-8-7-13(21-2)10-16(14)18-17(15)19/h3-10H,1-2H3,(H,18,19). The summed E-state index contributed by atoms with van der Waals surface area (Å²) in [7, 11) is 3.23. The highest BCUT2D eigenvalue weighted by Crippen LogP contribution is 2.35. The molecule has 4 nitrogen and oxygen atoms in total. The van der Waals surface area contributed by atoms with Gasteiger partial charge in [-0.1, -0.05) is 12.1 Å². The second-order valence-corrected chi connectivity index (χ2v) is 4.70. The number of rotatable bonds is 3. The summed E-state index contributed by atoms with van der Waals surface area (Å²) < 4.78 is 10.3. The third-order valence-corrected chi connectivity index (χ3v) is 3.44. The number of methoxy groups -OCH3 is 2. The van der Waals surface area contributed by atoms with Gasteiger partial charge in [-0.15, -0.1) is 0 Å². The molecule has 0 fully saturated rings. The molecule has 0 aromatic heterocycles. The molecule has 0 saturated heterocycles. The normalized spacial score (nSPS) is 14.8. The van der Waals surface area contributed by atoms with E-state index in [9.17, 15) is 4.79 Å². The zero-order valence-corrected chi connectivity index (χ0v) is 11.8. The van der Waals surface area contributed by atoms with E-state index in [0.29, 0.717) is 5.57 Å². The van der Waals surface area contributed by atoms with Crippen molar-refractivity contribution in [2.75, 3.05) is 19.5 Å². The van der Waals surface area contributed by atoms with Crippen LogP contribution in [0, 0.1) is 0 Å². The van der Waals surface area contributed by atoms with Crippen LogP contribution in [0.3, 0.4) is 0 Å². The summed E-state index contributed by atoms with van der Waals surface area (Å²) in [4.78, 5) is 12.1. The van der Waals surface area contributed by atoms with E-state index in [2.05, 4.69) is 5.32 Å². The van der Waals surface area contributed by atoms with Gasteiger partial charge in [0.25, 0.3) is 5.91 Å². The average molecular weight is 281 g/mol. The van der Waals surface area contributed by atoms with E-state index in [1.165, 1.54) is 0 Å². The van der Waals surface area contributed by atoms with Crippen LogP contribution in [-0.4, -0.2) is 20.1 Å². The van der Waals surface area contributed by atoms with Crippen LogP contribution in [0.2, 0.25) is 0 Å². The number of nitrogens with one attached hydrogen (secondary N) is 1. The quantitative estimate of drug-likeness (QED) is 0.879. The molecule has 0 radical (unpaired) electrons. The fraction of sp³-hybridized carbons (Fsp3) is 0.118. The summed E-state index contributed by atoms with van der Waals surface area (Å²) in [5.41, 5.74) is 3.26. The van der Waals surface area contributed by atoms with Crippen molar-refractivity contribution in [2.45, 2.75) is 0 Å². The highest BCUT2D eigenvalue weighted by atomic mass is 16.5. The van der Waals surface area contributed by atoms with E-state index < -0.39 is 0 Å². The lowest BCUT2D eigenvalue weighted by Gasteiger charge is -2.03. The molecule has 1 amide bonds. The van der Waals surface area contributed by atoms with Gasteiger partial charge < -0.3 is 14.8 Å². The van der Waals surface area contributed by atoms with E-state index in [0.717, 1.165) is 28.3 Å². The molecule has 4 heteroatoms. The Labute approximate surface area is 123 Å². The lowest BCUT2D eigenvalue weighted by atomic mass is 10.0. The van der Waals surface area contributed by atoms with Crippen LogP contribution >= 0.6 is 0 Å². The maximum Gasteiger partial charge on any atom is 0.256 e. The smallest absolute Gasteiger partial charge is 0.256 e. The van der Waals surface area contributed by atoms with Crippen molar-refractivity contribution < 1.29 is 14.3 Å². The summed E-state index contributed by atoms with van der Waals surface area (Å²) in [6, 6.07) is 13.1. The van der Waals surface area contributed by atoms with E-state index >= 15 is 0 Å². The lowest BCUT2D eigenvalue weighted by molar-refractivity contribution is -0.110. The molecule has 1 aliphatic rings. The number of hydrogen-bond acceptors (Lipinski definition) is 3. The molecule has 3 rings (SSSR count). The molecule has 1 heterocycles. The number of fused-ring (bicyclic) bond motifs is 1. The van der Waals surface area contributed by atoms with Gasteiger partial charge in [0.15, 0.2) is 0 Å². The Hall–Kier alpha value is -2.75. The number of hydrogen-bond donors (Lipinski definition) is 1. The van der Waals surface area contributed by atoms with E-state index in [1.54, 1.807) is 14.2 Å². The lowest BCUT2D eigenvalue weighted by Crippen LogP contribution is -2.03. The maximum absolute atomic E-state index is 12.1. The first kappa shape index (κ1) is 13.2. The Balaban J connectivity index is 1.99. The first-order valence-electron chi connectivity index (χ1n) is 6.57. The molecule has 0 bridgehead atoms. The Morgan fingerprint density at radius 2 is 1.62 bits per heavy atom. The summed E-state index contributed by atoms with van der Waals surface area (Å²) in [5, 5.41) is 2.85. The highest BCUT2D eigenvalue weighted by molar-refractivity contribution is 6.35. The molecule has 0 saturated carbocycles. The minimum atomic E-state index is -0.103. The molecule has 21 heavy (non-hydrogen) atoms. The van der Waals surface area contributed by atoms with Gasteiger partial charge in [-0.2, -0.15) is 0 Å². The summed E-state index contributed by atoms with van der Waals surface area (Å²) >= 11 is 0. The molecule has 1 aliphatic heterocycles. The van der Waals surface area contributed by atoms with Crippen LogP contribution in [-0.2, 0) is 4.79 Å². The molecule has 0 spiro atoms. The Morgan fingerprint density at radius 1 is 0.952 bits per heavy atom. The molecule has 106 valence electrons. The third kappa shape index (κ3) is 2.48. The summed E-state index contributed by atoms with van der Waals surface area (Å²) in [5.74, 6) is 1.41. The van der Waals surface area contributed by atoms with Crippen LogP contribution in [0.15, 0.2) is 42.5 Å². The van der Waals surface area contributed by atoms with E-state index in [4.69, 9.17) is 9.47 Å². The monoisotopic (exact) mass is 281 g/mol. The van der Waals surface area contributed by atoms with Crippen molar-refractivity contribution in [1.82, 2.24) is 0 Å². The van der Waals surface area contributed by atoms with Gasteiger partial charge in [0.1, 0.15) is 11.5 Å². The molecular formula is C17H15NO3. The second kappa shape index (κ2) is 5.32. The third-order valence-electron chi connectivity index (χ3n) is 3.44. The number of ether oxygens (including phenoxy) is 2. The summed E-state index contributed by atoms with van der Waals surface area (Å²) in [6.45, 7) is 0. The van der Waals surface area contributed by atoms with Gasteiger partial charge in [0.2, 0.25) is 0 Å². The zero-order chi connectivity index (χ0) is 14.8. The van der Waals surface area contributed by atoms with E-state index in [1.807, 2.05) is 48.5 Å². The number of carbonyl (C=O) groups excluding carboxylic acids is 1. The Bertz CT molecular complexity index is 717. The largest absolute Gasteiger partial charge is 0.497 e. The number of anilines is 1. The zero-order valence-electron chi connectivity index (χ0n) is 11.8. The predicted molar refractivity (Wildman–Crippen MR) is 82.5 cm³/mol. The Morgan fingerprint density at radius 3 is 2.29 bits per heavy atom. The van der Waals surface area contributed by atoms with Crippen molar-refractivity contribution in [3.63, 3.8) is 0 Å². The molecule has 1 N–H and O–H groups in total.